The van der Waals surface area contributed by atoms with Gasteiger partial charge in [0.05, 0.1) is 19.8 Å². The summed E-state index contributed by atoms with van der Waals surface area (Å²) in [7, 11) is -2.50. The van der Waals surface area contributed by atoms with E-state index in [0.717, 1.165) is 13.2 Å². The van der Waals surface area contributed by atoms with Crippen molar-refractivity contribution in [3.63, 3.8) is 0 Å². The van der Waals surface area contributed by atoms with Crippen molar-refractivity contribution in [2.75, 3.05) is 27.3 Å². The Labute approximate surface area is 197 Å². The summed E-state index contributed by atoms with van der Waals surface area (Å²) in [6, 6.07) is 6.35. The van der Waals surface area contributed by atoms with E-state index in [1.54, 1.807) is 0 Å². The molecule has 0 aliphatic carbocycles. The number of amides is 2. The first-order valence-electron chi connectivity index (χ1n) is 9.51. The first-order chi connectivity index (χ1) is 15.9. The van der Waals surface area contributed by atoms with Gasteiger partial charge in [0.15, 0.2) is 0 Å². The van der Waals surface area contributed by atoms with Crippen LogP contribution in [-0.4, -0.2) is 51.8 Å². The second kappa shape index (κ2) is 9.55. The van der Waals surface area contributed by atoms with Crippen molar-refractivity contribution in [3.8, 4) is 11.5 Å². The Morgan fingerprint density at radius 1 is 1.06 bits per heavy atom. The SMILES string of the molecule is COc1ccc(Cl)cc1C=C1CNC(=O)CN(S(=O)(=O)c2cc(C(F)(F)F)ccc2OC)C1=O. The lowest BCUT2D eigenvalue weighted by Gasteiger charge is -2.22. The van der Waals surface area contributed by atoms with Gasteiger partial charge in [-0.25, -0.2) is 12.7 Å². The molecular formula is C21H18ClF3N2O6S. The Kier molecular flexibility index (Phi) is 7.13. The summed E-state index contributed by atoms with van der Waals surface area (Å²) >= 11 is 6.00. The second-order valence-electron chi connectivity index (χ2n) is 7.01. The molecule has 8 nitrogen and oxygen atoms in total. The molecule has 2 aromatic rings. The number of rotatable bonds is 5. The summed E-state index contributed by atoms with van der Waals surface area (Å²) in [4.78, 5) is 24.5. The number of halogens is 4. The van der Waals surface area contributed by atoms with Crippen molar-refractivity contribution < 1.29 is 40.7 Å². The van der Waals surface area contributed by atoms with E-state index in [0.29, 0.717) is 28.5 Å². The smallest absolute Gasteiger partial charge is 0.416 e. The maximum atomic E-state index is 13.3. The van der Waals surface area contributed by atoms with Crippen LogP contribution in [0.3, 0.4) is 0 Å². The van der Waals surface area contributed by atoms with Gasteiger partial charge in [0.25, 0.3) is 15.9 Å². The Morgan fingerprint density at radius 2 is 1.71 bits per heavy atom. The first kappa shape index (κ1) is 25.4. The van der Waals surface area contributed by atoms with Crippen LogP contribution in [0.4, 0.5) is 13.2 Å². The number of carbonyl (C=O) groups excluding carboxylic acids is 2. The number of hydrogen-bond acceptors (Lipinski definition) is 6. The summed E-state index contributed by atoms with van der Waals surface area (Å²) in [5.41, 5.74) is -1.11. The molecule has 0 atom stereocenters. The molecule has 3 rings (SSSR count). The quantitative estimate of drug-likeness (QED) is 0.610. The van der Waals surface area contributed by atoms with Gasteiger partial charge in [-0.1, -0.05) is 11.6 Å². The fraction of sp³-hybridized carbons (Fsp3) is 0.238. The molecule has 182 valence electrons. The number of nitrogens with zero attached hydrogens (tertiary/aromatic N) is 1. The van der Waals surface area contributed by atoms with Crippen LogP contribution in [0.25, 0.3) is 6.08 Å². The van der Waals surface area contributed by atoms with Gasteiger partial charge < -0.3 is 14.8 Å². The Balaban J connectivity index is 2.14. The minimum atomic E-state index is -4.94. The third-order valence-corrected chi connectivity index (χ3v) is 6.83. The van der Waals surface area contributed by atoms with Gasteiger partial charge in [-0.05, 0) is 42.5 Å². The van der Waals surface area contributed by atoms with Crippen molar-refractivity contribution in [1.29, 1.82) is 0 Å². The summed E-state index contributed by atoms with van der Waals surface area (Å²) in [5, 5.41) is 2.70. The van der Waals surface area contributed by atoms with Crippen molar-refractivity contribution in [2.45, 2.75) is 11.1 Å². The fourth-order valence-electron chi connectivity index (χ4n) is 3.17. The Hall–Kier alpha value is -3.25. The van der Waals surface area contributed by atoms with Crippen molar-refractivity contribution in [2.24, 2.45) is 0 Å². The van der Waals surface area contributed by atoms with Crippen LogP contribution in [0.5, 0.6) is 11.5 Å². The van der Waals surface area contributed by atoms with Crippen LogP contribution >= 0.6 is 11.6 Å². The van der Waals surface area contributed by atoms with Crippen molar-refractivity contribution in [1.82, 2.24) is 9.62 Å². The second-order valence-corrected chi connectivity index (χ2v) is 9.28. The highest BCUT2D eigenvalue weighted by Gasteiger charge is 2.39. The van der Waals surface area contributed by atoms with Crippen LogP contribution < -0.4 is 14.8 Å². The Bertz CT molecular complexity index is 1280. The van der Waals surface area contributed by atoms with E-state index >= 15 is 0 Å². The monoisotopic (exact) mass is 518 g/mol. The third kappa shape index (κ3) is 5.12. The van der Waals surface area contributed by atoms with E-state index in [2.05, 4.69) is 5.32 Å². The molecule has 1 saturated heterocycles. The lowest BCUT2D eigenvalue weighted by atomic mass is 10.1. The summed E-state index contributed by atoms with van der Waals surface area (Å²) in [5.74, 6) is -2.05. The lowest BCUT2D eigenvalue weighted by molar-refractivity contribution is -0.137. The highest BCUT2D eigenvalue weighted by Crippen LogP contribution is 2.36. The average Bonchev–Trinajstić information content (AvgIpc) is 2.92. The molecule has 1 fully saturated rings. The molecule has 0 bridgehead atoms. The van der Waals surface area contributed by atoms with Gasteiger partial charge in [0.2, 0.25) is 5.91 Å². The maximum Gasteiger partial charge on any atom is 0.416 e. The number of benzene rings is 2. The van der Waals surface area contributed by atoms with E-state index in [9.17, 15) is 31.2 Å². The highest BCUT2D eigenvalue weighted by atomic mass is 35.5. The van der Waals surface area contributed by atoms with Gasteiger partial charge in [0, 0.05) is 22.7 Å². The van der Waals surface area contributed by atoms with Gasteiger partial charge >= 0.3 is 6.18 Å². The van der Waals surface area contributed by atoms with E-state index in [1.807, 2.05) is 0 Å². The van der Waals surface area contributed by atoms with Crippen LogP contribution in [0.15, 0.2) is 46.9 Å². The summed E-state index contributed by atoms with van der Waals surface area (Å²) < 4.78 is 76.7. The molecule has 2 amide bonds. The van der Waals surface area contributed by atoms with E-state index in [4.69, 9.17) is 21.1 Å². The number of sulfonamides is 1. The average molecular weight is 519 g/mol. The van der Waals surface area contributed by atoms with E-state index < -0.39 is 50.8 Å². The van der Waals surface area contributed by atoms with Crippen LogP contribution in [0.2, 0.25) is 5.02 Å². The zero-order valence-corrected chi connectivity index (χ0v) is 19.3. The van der Waals surface area contributed by atoms with Crippen LogP contribution in [-0.2, 0) is 25.8 Å². The summed E-state index contributed by atoms with van der Waals surface area (Å²) in [6.45, 7) is -1.27. The number of nitrogens with one attached hydrogen (secondary N) is 1. The molecule has 1 N–H and O–H groups in total. The molecule has 0 aromatic heterocycles. The largest absolute Gasteiger partial charge is 0.496 e. The molecule has 2 aromatic carbocycles. The maximum absolute atomic E-state index is 13.3. The molecule has 0 saturated carbocycles. The molecule has 34 heavy (non-hydrogen) atoms. The van der Waals surface area contributed by atoms with Crippen molar-refractivity contribution >= 4 is 39.5 Å². The first-order valence-corrected chi connectivity index (χ1v) is 11.3. The number of alkyl halides is 3. The number of ether oxygens (including phenoxy) is 2. The molecule has 1 aliphatic rings. The number of carbonyl (C=O) groups is 2. The third-order valence-electron chi connectivity index (χ3n) is 4.84. The molecule has 1 aliphatic heterocycles. The molecular weight excluding hydrogens is 501 g/mol. The topological polar surface area (TPSA) is 102 Å². The highest BCUT2D eigenvalue weighted by molar-refractivity contribution is 7.89. The predicted molar refractivity (Wildman–Crippen MR) is 116 cm³/mol. The molecule has 1 heterocycles. The fourth-order valence-corrected chi connectivity index (χ4v) is 4.90. The number of methoxy groups -OCH3 is 2. The van der Waals surface area contributed by atoms with Gasteiger partial charge in [0.1, 0.15) is 22.9 Å². The van der Waals surface area contributed by atoms with Gasteiger partial charge in [-0.3, -0.25) is 9.59 Å². The van der Waals surface area contributed by atoms with Crippen LogP contribution in [0, 0.1) is 0 Å². The Morgan fingerprint density at radius 3 is 2.32 bits per heavy atom. The normalized spacial score (nSPS) is 16.3. The molecule has 0 radical (unpaired) electrons. The van der Waals surface area contributed by atoms with E-state index in [-0.39, 0.29) is 16.4 Å². The minimum absolute atomic E-state index is 0.166. The van der Waals surface area contributed by atoms with Gasteiger partial charge in [-0.15, -0.1) is 0 Å². The minimum Gasteiger partial charge on any atom is -0.496 e. The standard InChI is InChI=1S/C21H18ClF3N2O6S/c1-32-16-6-4-15(22)8-12(16)7-13-10-26-19(28)11-27(20(13)29)34(30,31)18-9-14(21(23,24)25)3-5-17(18)33-2/h3-9H,10-11H2,1-2H3,(H,26,28). The summed E-state index contributed by atoms with van der Waals surface area (Å²) in [6.07, 6.45) is -3.57. The zero-order valence-electron chi connectivity index (χ0n) is 17.8. The van der Waals surface area contributed by atoms with Crippen LogP contribution in [0.1, 0.15) is 11.1 Å². The van der Waals surface area contributed by atoms with E-state index in [1.165, 1.54) is 31.4 Å². The number of hydrogen-bond donors (Lipinski definition) is 1. The molecule has 0 spiro atoms. The van der Waals surface area contributed by atoms with Crippen molar-refractivity contribution in [3.05, 3.63) is 58.1 Å². The predicted octanol–water partition coefficient (Wildman–Crippen LogP) is 3.11. The lowest BCUT2D eigenvalue weighted by Crippen LogP contribution is -2.40. The van der Waals surface area contributed by atoms with Gasteiger partial charge in [-0.2, -0.15) is 13.2 Å². The molecule has 0 unspecified atom stereocenters. The molecule has 13 heteroatoms. The zero-order chi connectivity index (χ0) is 25.3.